The van der Waals surface area contributed by atoms with Crippen molar-refractivity contribution in [3.8, 4) is 0 Å². The Morgan fingerprint density at radius 2 is 1.43 bits per heavy atom. The van der Waals surface area contributed by atoms with Crippen LogP contribution in [0.4, 0.5) is 5.69 Å². The highest BCUT2D eigenvalue weighted by Gasteiger charge is 2.58. The number of imide groups is 1. The van der Waals surface area contributed by atoms with E-state index >= 15 is 0 Å². The number of carbonyl (C=O) groups is 2. The molecule has 2 aliphatic rings. The molecule has 0 bridgehead atoms. The fraction of sp³-hybridized carbons (Fsp3) is 0.200. The summed E-state index contributed by atoms with van der Waals surface area (Å²) in [5.74, 6) is -0.786. The quantitative estimate of drug-likeness (QED) is 0.684. The van der Waals surface area contributed by atoms with E-state index in [2.05, 4.69) is 5.43 Å². The Labute approximate surface area is 175 Å². The van der Waals surface area contributed by atoms with E-state index in [9.17, 15) is 9.59 Å². The van der Waals surface area contributed by atoms with Crippen molar-refractivity contribution in [1.29, 1.82) is 0 Å². The lowest BCUT2D eigenvalue weighted by Gasteiger charge is -2.25. The van der Waals surface area contributed by atoms with Gasteiger partial charge in [0.2, 0.25) is 5.91 Å². The minimum atomic E-state index is -0.538. The van der Waals surface area contributed by atoms with Crippen LogP contribution in [0, 0.1) is 12.8 Å². The number of hydrogen-bond donors (Lipinski definition) is 1. The predicted octanol–water partition coefficient (Wildman–Crippen LogP) is 3.61. The maximum atomic E-state index is 13.5. The summed E-state index contributed by atoms with van der Waals surface area (Å²) < 4.78 is 0. The first-order valence-corrected chi connectivity index (χ1v) is 10.2. The number of anilines is 1. The number of aryl methyl sites for hydroxylation is 1. The average Bonchev–Trinajstić information content (AvgIpc) is 3.27. The lowest BCUT2D eigenvalue weighted by Crippen LogP contribution is -2.45. The minimum Gasteiger partial charge on any atom is -0.274 e. The molecule has 0 aromatic heterocycles. The zero-order valence-electron chi connectivity index (χ0n) is 16.7. The van der Waals surface area contributed by atoms with E-state index in [4.69, 9.17) is 0 Å². The van der Waals surface area contributed by atoms with E-state index in [1.54, 1.807) is 0 Å². The van der Waals surface area contributed by atoms with Gasteiger partial charge in [-0.05, 0) is 30.2 Å². The summed E-state index contributed by atoms with van der Waals surface area (Å²) in [7, 11) is 0. The number of rotatable bonds is 4. The zero-order chi connectivity index (χ0) is 20.7. The second-order valence-electron chi connectivity index (χ2n) is 7.95. The fourth-order valence-electron chi connectivity index (χ4n) is 4.48. The molecule has 0 saturated carbocycles. The Balaban J connectivity index is 1.53. The van der Waals surface area contributed by atoms with Gasteiger partial charge in [-0.2, -0.15) is 0 Å². The molecular formula is C25H23N3O2. The Bertz CT molecular complexity index is 1070. The number of hydrazine groups is 1. The Kier molecular flexibility index (Phi) is 4.69. The number of benzene rings is 3. The van der Waals surface area contributed by atoms with Crippen molar-refractivity contribution in [3.05, 3.63) is 102 Å². The number of amides is 2. The van der Waals surface area contributed by atoms with Crippen molar-refractivity contribution in [2.45, 2.75) is 25.6 Å². The molecule has 30 heavy (non-hydrogen) atoms. The largest absolute Gasteiger partial charge is 0.274 e. The first kappa shape index (κ1) is 18.7. The molecule has 2 fully saturated rings. The maximum absolute atomic E-state index is 13.5. The van der Waals surface area contributed by atoms with Gasteiger partial charge >= 0.3 is 0 Å². The SMILES string of the molecule is Cc1ccc(N2C(=O)[C@H]3[C@@H](c4ccccc4)NN(Cc4ccccc4)[C@@H]3C2=O)cc1. The van der Waals surface area contributed by atoms with Gasteiger partial charge in [0, 0.05) is 6.54 Å². The molecule has 150 valence electrons. The smallest absolute Gasteiger partial charge is 0.253 e. The fourth-order valence-corrected chi connectivity index (χ4v) is 4.48. The molecule has 5 nitrogen and oxygen atoms in total. The third-order valence-electron chi connectivity index (χ3n) is 5.97. The summed E-state index contributed by atoms with van der Waals surface area (Å²) >= 11 is 0. The summed E-state index contributed by atoms with van der Waals surface area (Å²) in [5, 5.41) is 1.94. The molecule has 0 radical (unpaired) electrons. The van der Waals surface area contributed by atoms with Gasteiger partial charge in [0.15, 0.2) is 0 Å². The van der Waals surface area contributed by atoms with Gasteiger partial charge in [0.05, 0.1) is 17.6 Å². The molecule has 2 amide bonds. The van der Waals surface area contributed by atoms with Crippen molar-refractivity contribution in [3.63, 3.8) is 0 Å². The number of nitrogens with zero attached hydrogens (tertiary/aromatic N) is 2. The molecule has 3 aromatic carbocycles. The van der Waals surface area contributed by atoms with E-state index in [1.807, 2.05) is 96.9 Å². The second kappa shape index (κ2) is 7.52. The van der Waals surface area contributed by atoms with Gasteiger partial charge in [-0.1, -0.05) is 78.4 Å². The molecule has 0 aliphatic carbocycles. The molecule has 0 unspecified atom stereocenters. The number of nitrogens with one attached hydrogen (secondary N) is 1. The Morgan fingerprint density at radius 3 is 2.10 bits per heavy atom. The molecule has 2 saturated heterocycles. The summed E-state index contributed by atoms with van der Waals surface area (Å²) in [4.78, 5) is 28.4. The van der Waals surface area contributed by atoms with E-state index in [-0.39, 0.29) is 17.9 Å². The highest BCUT2D eigenvalue weighted by atomic mass is 16.2. The van der Waals surface area contributed by atoms with Crippen LogP contribution in [0.15, 0.2) is 84.9 Å². The highest BCUT2D eigenvalue weighted by molar-refractivity contribution is 6.24. The number of hydrogen-bond acceptors (Lipinski definition) is 4. The van der Waals surface area contributed by atoms with E-state index in [1.165, 1.54) is 4.90 Å². The molecule has 1 N–H and O–H groups in total. The average molecular weight is 397 g/mol. The molecule has 3 aromatic rings. The Morgan fingerprint density at radius 1 is 0.800 bits per heavy atom. The van der Waals surface area contributed by atoms with Crippen LogP contribution < -0.4 is 10.3 Å². The standard InChI is InChI=1S/C25H23N3O2/c1-17-12-14-20(15-13-17)28-24(29)21-22(19-10-6-3-7-11-19)26-27(23(21)25(28)30)16-18-8-4-2-5-9-18/h2-15,21-23,26H,16H2,1H3/t21-,22+,23-/m0/s1. The maximum Gasteiger partial charge on any atom is 0.253 e. The van der Waals surface area contributed by atoms with Crippen LogP contribution in [0.2, 0.25) is 0 Å². The normalized spacial score (nSPS) is 23.8. The summed E-state index contributed by atoms with van der Waals surface area (Å²) in [6.07, 6.45) is 0. The van der Waals surface area contributed by atoms with Crippen molar-refractivity contribution in [2.75, 3.05) is 4.90 Å². The van der Waals surface area contributed by atoms with Crippen LogP contribution in [0.5, 0.6) is 0 Å². The van der Waals surface area contributed by atoms with E-state index in [0.717, 1.165) is 16.7 Å². The van der Waals surface area contributed by atoms with Crippen LogP contribution in [-0.4, -0.2) is 22.9 Å². The zero-order valence-corrected chi connectivity index (χ0v) is 16.7. The number of carbonyl (C=O) groups excluding carboxylic acids is 2. The second-order valence-corrected chi connectivity index (χ2v) is 7.95. The summed E-state index contributed by atoms with van der Waals surface area (Å²) in [5.41, 5.74) is 7.29. The van der Waals surface area contributed by atoms with Crippen LogP contribution in [0.3, 0.4) is 0 Å². The summed E-state index contributed by atoms with van der Waals surface area (Å²) in [6, 6.07) is 26.7. The third kappa shape index (κ3) is 3.12. The monoisotopic (exact) mass is 397 g/mol. The van der Waals surface area contributed by atoms with Crippen LogP contribution in [-0.2, 0) is 16.1 Å². The van der Waals surface area contributed by atoms with Gasteiger partial charge in [0.1, 0.15) is 6.04 Å². The topological polar surface area (TPSA) is 52.7 Å². The van der Waals surface area contributed by atoms with Crippen LogP contribution >= 0.6 is 0 Å². The van der Waals surface area contributed by atoms with Gasteiger partial charge in [-0.3, -0.25) is 9.59 Å². The lowest BCUT2D eigenvalue weighted by atomic mass is 9.91. The van der Waals surface area contributed by atoms with Crippen molar-refractivity contribution in [2.24, 2.45) is 5.92 Å². The molecule has 2 aliphatic heterocycles. The molecule has 2 heterocycles. The predicted molar refractivity (Wildman–Crippen MR) is 115 cm³/mol. The van der Waals surface area contributed by atoms with E-state index < -0.39 is 12.0 Å². The Hall–Kier alpha value is -3.28. The third-order valence-corrected chi connectivity index (χ3v) is 5.97. The molecule has 5 heteroatoms. The van der Waals surface area contributed by atoms with Gasteiger partial charge in [-0.15, -0.1) is 0 Å². The van der Waals surface area contributed by atoms with Gasteiger partial charge in [0.25, 0.3) is 5.91 Å². The van der Waals surface area contributed by atoms with Crippen molar-refractivity contribution < 1.29 is 9.59 Å². The molecular weight excluding hydrogens is 374 g/mol. The first-order valence-electron chi connectivity index (χ1n) is 10.2. The van der Waals surface area contributed by atoms with E-state index in [0.29, 0.717) is 12.2 Å². The highest BCUT2D eigenvalue weighted by Crippen LogP contribution is 2.42. The van der Waals surface area contributed by atoms with Crippen molar-refractivity contribution >= 4 is 17.5 Å². The molecule has 5 rings (SSSR count). The van der Waals surface area contributed by atoms with Crippen LogP contribution in [0.25, 0.3) is 0 Å². The first-order chi connectivity index (χ1) is 14.6. The molecule has 0 spiro atoms. The number of fused-ring (bicyclic) bond motifs is 1. The lowest BCUT2D eigenvalue weighted by molar-refractivity contribution is -0.124. The molecule has 3 atom stereocenters. The minimum absolute atomic E-state index is 0.147. The van der Waals surface area contributed by atoms with Crippen molar-refractivity contribution in [1.82, 2.24) is 10.4 Å². The van der Waals surface area contributed by atoms with Gasteiger partial charge < -0.3 is 0 Å². The van der Waals surface area contributed by atoms with Gasteiger partial charge in [-0.25, -0.2) is 15.3 Å². The summed E-state index contributed by atoms with van der Waals surface area (Å²) in [6.45, 7) is 2.54. The van der Waals surface area contributed by atoms with Crippen LogP contribution in [0.1, 0.15) is 22.7 Å².